The van der Waals surface area contributed by atoms with Gasteiger partial charge >= 0.3 is 0 Å². The summed E-state index contributed by atoms with van der Waals surface area (Å²) in [5.41, 5.74) is 1.13. The highest BCUT2D eigenvalue weighted by molar-refractivity contribution is 5.84. The molecule has 0 bridgehead atoms. The van der Waals surface area contributed by atoms with Crippen molar-refractivity contribution in [1.82, 2.24) is 0 Å². The van der Waals surface area contributed by atoms with Crippen LogP contribution in [0, 0.1) is 0 Å². The number of methoxy groups -OCH3 is 2. The summed E-state index contributed by atoms with van der Waals surface area (Å²) in [5.74, 6) is 0.845. The van der Waals surface area contributed by atoms with E-state index in [1.54, 1.807) is 12.1 Å². The lowest BCUT2D eigenvalue weighted by Crippen LogP contribution is -2.03. The molecule has 1 aromatic carbocycles. The van der Waals surface area contributed by atoms with Gasteiger partial charge in [-0.1, -0.05) is 6.07 Å². The van der Waals surface area contributed by atoms with Crippen molar-refractivity contribution >= 4 is 12.1 Å². The molecule has 1 rings (SSSR count). The van der Waals surface area contributed by atoms with E-state index in [1.165, 1.54) is 21.1 Å². The van der Waals surface area contributed by atoms with Gasteiger partial charge in [0.25, 0.3) is 0 Å². The number of ketones is 1. The molecule has 0 heterocycles. The highest BCUT2D eigenvalue weighted by Crippen LogP contribution is 2.34. The molecule has 0 aliphatic heterocycles. The quantitative estimate of drug-likeness (QED) is 0.711. The van der Waals surface area contributed by atoms with E-state index < -0.39 is 0 Å². The fourth-order valence-corrected chi connectivity index (χ4v) is 1.55. The summed E-state index contributed by atoms with van der Waals surface area (Å²) in [6.07, 6.45) is 0.956. The molecule has 86 valence electrons. The van der Waals surface area contributed by atoms with E-state index in [9.17, 15) is 9.59 Å². The first-order valence-electron chi connectivity index (χ1n) is 4.82. The summed E-state index contributed by atoms with van der Waals surface area (Å²) in [6, 6.07) is 3.32. The summed E-state index contributed by atoms with van der Waals surface area (Å²) < 4.78 is 10.3. The molecule has 0 N–H and O–H groups in total. The predicted molar refractivity (Wildman–Crippen MR) is 59.3 cm³/mol. The number of ether oxygens (including phenoxy) is 2. The summed E-state index contributed by atoms with van der Waals surface area (Å²) in [7, 11) is 2.94. The van der Waals surface area contributed by atoms with Gasteiger partial charge in [0.05, 0.1) is 19.8 Å². The first kappa shape index (κ1) is 12.2. The van der Waals surface area contributed by atoms with Crippen molar-refractivity contribution in [3.63, 3.8) is 0 Å². The molecular formula is C12H14O4. The van der Waals surface area contributed by atoms with Gasteiger partial charge in [0.2, 0.25) is 0 Å². The van der Waals surface area contributed by atoms with Crippen LogP contribution in [0.1, 0.15) is 22.8 Å². The zero-order valence-corrected chi connectivity index (χ0v) is 9.57. The van der Waals surface area contributed by atoms with Crippen molar-refractivity contribution in [3.05, 3.63) is 23.3 Å². The molecule has 0 fully saturated rings. The molecule has 0 saturated carbocycles. The lowest BCUT2D eigenvalue weighted by molar-refractivity contribution is -0.116. The van der Waals surface area contributed by atoms with E-state index in [0.29, 0.717) is 23.3 Å². The molecule has 0 atom stereocenters. The normalized spacial score (nSPS) is 9.69. The Balaban J connectivity index is 3.30. The number of aldehydes is 1. The zero-order chi connectivity index (χ0) is 12.1. The second kappa shape index (κ2) is 5.30. The van der Waals surface area contributed by atoms with Crippen molar-refractivity contribution in [2.24, 2.45) is 0 Å². The van der Waals surface area contributed by atoms with Crippen LogP contribution >= 0.6 is 0 Å². The average Bonchev–Trinajstić information content (AvgIpc) is 2.27. The number of carbonyl (C=O) groups is 2. The topological polar surface area (TPSA) is 52.6 Å². The third-order valence-electron chi connectivity index (χ3n) is 2.20. The molecule has 16 heavy (non-hydrogen) atoms. The largest absolute Gasteiger partial charge is 0.493 e. The number of Topliss-reactive ketones (excluding diaryl/α,β-unsaturated/α-hetero) is 1. The molecule has 4 heteroatoms. The van der Waals surface area contributed by atoms with Crippen LogP contribution < -0.4 is 9.47 Å². The van der Waals surface area contributed by atoms with E-state index in [-0.39, 0.29) is 12.2 Å². The summed E-state index contributed by atoms with van der Waals surface area (Å²) in [6.45, 7) is 1.50. The lowest BCUT2D eigenvalue weighted by Gasteiger charge is -2.13. The van der Waals surface area contributed by atoms with E-state index >= 15 is 0 Å². The van der Waals surface area contributed by atoms with Crippen molar-refractivity contribution in [2.45, 2.75) is 13.3 Å². The van der Waals surface area contributed by atoms with E-state index in [4.69, 9.17) is 9.47 Å². The number of hydrogen-bond donors (Lipinski definition) is 0. The maximum absolute atomic E-state index is 11.1. The third-order valence-corrected chi connectivity index (χ3v) is 2.20. The van der Waals surface area contributed by atoms with Gasteiger partial charge in [-0.3, -0.25) is 9.59 Å². The summed E-state index contributed by atoms with van der Waals surface area (Å²) >= 11 is 0. The highest BCUT2D eigenvalue weighted by atomic mass is 16.5. The van der Waals surface area contributed by atoms with E-state index in [2.05, 4.69) is 0 Å². The van der Waals surface area contributed by atoms with Crippen LogP contribution in [-0.2, 0) is 11.2 Å². The van der Waals surface area contributed by atoms with Gasteiger partial charge in [-0.15, -0.1) is 0 Å². The Bertz CT molecular complexity index is 410. The molecule has 0 radical (unpaired) electrons. The average molecular weight is 222 g/mol. The van der Waals surface area contributed by atoms with Crippen LogP contribution in [-0.4, -0.2) is 26.3 Å². The van der Waals surface area contributed by atoms with Crippen molar-refractivity contribution < 1.29 is 19.1 Å². The Morgan fingerprint density at radius 3 is 2.31 bits per heavy atom. The van der Waals surface area contributed by atoms with Crippen LogP contribution in [0.5, 0.6) is 11.5 Å². The number of hydrogen-bond acceptors (Lipinski definition) is 4. The maximum Gasteiger partial charge on any atom is 0.171 e. The van der Waals surface area contributed by atoms with E-state index in [1.807, 2.05) is 0 Å². The second-order valence-electron chi connectivity index (χ2n) is 3.38. The van der Waals surface area contributed by atoms with Crippen LogP contribution in [0.2, 0.25) is 0 Å². The van der Waals surface area contributed by atoms with Gasteiger partial charge < -0.3 is 9.47 Å². The van der Waals surface area contributed by atoms with Crippen molar-refractivity contribution in [3.8, 4) is 11.5 Å². The highest BCUT2D eigenvalue weighted by Gasteiger charge is 2.15. The van der Waals surface area contributed by atoms with Gasteiger partial charge in [-0.2, -0.15) is 0 Å². The van der Waals surface area contributed by atoms with Crippen molar-refractivity contribution in [1.29, 1.82) is 0 Å². The Kier molecular flexibility index (Phi) is 4.05. The molecule has 0 amide bonds. The van der Waals surface area contributed by atoms with Crippen molar-refractivity contribution in [2.75, 3.05) is 14.2 Å². The van der Waals surface area contributed by atoms with Gasteiger partial charge in [0.15, 0.2) is 17.8 Å². The molecule has 1 aromatic rings. The second-order valence-corrected chi connectivity index (χ2v) is 3.38. The van der Waals surface area contributed by atoms with Crippen LogP contribution in [0.3, 0.4) is 0 Å². The minimum Gasteiger partial charge on any atom is -0.493 e. The molecule has 0 aliphatic rings. The first-order chi connectivity index (χ1) is 7.63. The fourth-order valence-electron chi connectivity index (χ4n) is 1.55. The molecule has 0 aliphatic carbocycles. The Morgan fingerprint density at radius 1 is 1.25 bits per heavy atom. The molecular weight excluding hydrogens is 208 g/mol. The molecule has 0 spiro atoms. The zero-order valence-electron chi connectivity index (χ0n) is 9.57. The molecule has 0 aromatic heterocycles. The van der Waals surface area contributed by atoms with Gasteiger partial charge in [0, 0.05) is 12.0 Å². The standard InChI is InChI=1S/C12H14O4/c1-8(14)6-9-4-5-10(7-13)12(16-3)11(9)15-2/h4-5,7H,6H2,1-3H3. The number of benzene rings is 1. The molecule has 4 nitrogen and oxygen atoms in total. The van der Waals surface area contributed by atoms with Crippen LogP contribution in [0.15, 0.2) is 12.1 Å². The maximum atomic E-state index is 11.1. The summed E-state index contributed by atoms with van der Waals surface area (Å²) in [5, 5.41) is 0. The SMILES string of the molecule is COc1c(C=O)ccc(CC(C)=O)c1OC. The summed E-state index contributed by atoms with van der Waals surface area (Å²) in [4.78, 5) is 21.9. The lowest BCUT2D eigenvalue weighted by atomic mass is 10.0. The predicted octanol–water partition coefficient (Wildman–Crippen LogP) is 1.65. The minimum absolute atomic E-state index is 0.0270. The van der Waals surface area contributed by atoms with Crippen LogP contribution in [0.4, 0.5) is 0 Å². The number of rotatable bonds is 5. The smallest absolute Gasteiger partial charge is 0.171 e. The first-order valence-corrected chi connectivity index (χ1v) is 4.82. The monoisotopic (exact) mass is 222 g/mol. The van der Waals surface area contributed by atoms with Gasteiger partial charge in [-0.05, 0) is 13.0 Å². The Morgan fingerprint density at radius 2 is 1.88 bits per heavy atom. The molecule has 0 saturated heterocycles. The van der Waals surface area contributed by atoms with E-state index in [0.717, 1.165) is 5.56 Å². The number of carbonyl (C=O) groups excluding carboxylic acids is 2. The third kappa shape index (κ3) is 2.39. The Hall–Kier alpha value is -1.84. The molecule has 0 unspecified atom stereocenters. The van der Waals surface area contributed by atoms with Gasteiger partial charge in [0.1, 0.15) is 5.78 Å². The fraction of sp³-hybridized carbons (Fsp3) is 0.333. The van der Waals surface area contributed by atoms with Gasteiger partial charge in [-0.25, -0.2) is 0 Å². The minimum atomic E-state index is 0.0270. The van der Waals surface area contributed by atoms with Crippen LogP contribution in [0.25, 0.3) is 0 Å². The Labute approximate surface area is 94.2 Å².